The Bertz CT molecular complexity index is 1460. The molecule has 0 unspecified atom stereocenters. The summed E-state index contributed by atoms with van der Waals surface area (Å²) in [6.45, 7) is -0.212. The second-order valence-electron chi connectivity index (χ2n) is 6.51. The summed E-state index contributed by atoms with van der Waals surface area (Å²) < 4.78 is 11.2. The van der Waals surface area contributed by atoms with Crippen LogP contribution in [0.25, 0.3) is 44.2 Å². The first-order chi connectivity index (χ1) is 14.0. The summed E-state index contributed by atoms with van der Waals surface area (Å²) >= 11 is 0. The summed E-state index contributed by atoms with van der Waals surface area (Å²) in [5.41, 5.74) is 7.75. The van der Waals surface area contributed by atoms with Gasteiger partial charge >= 0.3 is 0 Å². The van der Waals surface area contributed by atoms with Crippen molar-refractivity contribution < 1.29 is 19.1 Å². The summed E-state index contributed by atoms with van der Waals surface area (Å²) in [6.07, 6.45) is 1.75. The largest absolute Gasteiger partial charge is 0.502 e. The number of aromatic hydroxyl groups is 1. The summed E-state index contributed by atoms with van der Waals surface area (Å²) in [5, 5.41) is 17.3. The van der Waals surface area contributed by atoms with Gasteiger partial charge in [-0.2, -0.15) is 0 Å². The maximum Gasteiger partial charge on any atom is 0.255 e. The number of aromatic nitrogens is 3. The van der Waals surface area contributed by atoms with Gasteiger partial charge in [0.25, 0.3) is 5.91 Å². The number of hydrogen-bond donors (Lipinski definition) is 4. The number of benzene rings is 2. The van der Waals surface area contributed by atoms with Crippen molar-refractivity contribution in [1.29, 1.82) is 0 Å². The number of nitrogens with zero attached hydrogens (tertiary/aromatic N) is 1. The Morgan fingerprint density at radius 2 is 1.93 bits per heavy atom. The summed E-state index contributed by atoms with van der Waals surface area (Å²) in [5.74, 6) is -0.515. The van der Waals surface area contributed by atoms with Crippen molar-refractivity contribution in [2.45, 2.75) is 0 Å². The molecule has 3 heterocycles. The number of carbonyl (C=O) groups is 1. The molecular formula is C20H14N4O5. The monoisotopic (exact) mass is 390 g/mol. The number of aromatic amines is 2. The van der Waals surface area contributed by atoms with Gasteiger partial charge in [-0.15, -0.1) is 0 Å². The minimum absolute atomic E-state index is 0.0966. The van der Waals surface area contributed by atoms with Crippen LogP contribution in [0.2, 0.25) is 0 Å². The van der Waals surface area contributed by atoms with E-state index in [0.717, 1.165) is 16.5 Å². The van der Waals surface area contributed by atoms with Crippen molar-refractivity contribution in [1.82, 2.24) is 15.2 Å². The van der Waals surface area contributed by atoms with Gasteiger partial charge < -0.3 is 25.1 Å². The van der Waals surface area contributed by atoms with E-state index in [9.17, 15) is 14.7 Å². The van der Waals surface area contributed by atoms with Crippen LogP contribution in [-0.2, 0) is 4.79 Å². The van der Waals surface area contributed by atoms with Crippen LogP contribution in [0.15, 0.2) is 51.8 Å². The summed E-state index contributed by atoms with van der Waals surface area (Å²) in [6, 6.07) is 9.90. The van der Waals surface area contributed by atoms with Crippen molar-refractivity contribution >= 4 is 39.0 Å². The van der Waals surface area contributed by atoms with Crippen molar-refractivity contribution in [3.63, 3.8) is 0 Å². The Hall–Kier alpha value is -4.27. The number of phenols is 1. The molecule has 0 saturated carbocycles. The van der Waals surface area contributed by atoms with Crippen LogP contribution >= 0.6 is 0 Å². The van der Waals surface area contributed by atoms with E-state index < -0.39 is 17.1 Å². The number of amides is 1. The third kappa shape index (κ3) is 2.59. The molecule has 0 radical (unpaired) electrons. The molecule has 1 amide bonds. The van der Waals surface area contributed by atoms with Gasteiger partial charge in [0.2, 0.25) is 11.2 Å². The topological polar surface area (TPSA) is 147 Å². The van der Waals surface area contributed by atoms with Gasteiger partial charge in [-0.25, -0.2) is 4.98 Å². The molecule has 5 aromatic rings. The standard InChI is InChI=1S/C20H14N4O5/c21-14(26)8-28-10-3-1-9(2-4-10)15-12-7-22-24-20(12)23-16-11-5-6-13(25)17(27)18(11)29-19(15)16/h1-7,27H,8H2,(H2,21,26)(H2,22,23,24). The highest BCUT2D eigenvalue weighted by Crippen LogP contribution is 2.40. The average Bonchev–Trinajstić information content (AvgIpc) is 3.32. The van der Waals surface area contributed by atoms with Crippen molar-refractivity contribution in [3.8, 4) is 22.6 Å². The highest BCUT2D eigenvalue weighted by molar-refractivity contribution is 6.15. The van der Waals surface area contributed by atoms with Gasteiger partial charge in [0, 0.05) is 17.1 Å². The Kier molecular flexibility index (Phi) is 3.56. The fraction of sp³-hybridized carbons (Fsp3) is 0.0500. The molecule has 9 nitrogen and oxygen atoms in total. The molecule has 0 aliphatic heterocycles. The number of primary amides is 1. The maximum absolute atomic E-state index is 11.8. The van der Waals surface area contributed by atoms with Gasteiger partial charge in [-0.1, -0.05) is 12.1 Å². The predicted octanol–water partition coefficient (Wildman–Crippen LogP) is 2.39. The van der Waals surface area contributed by atoms with Crippen LogP contribution in [0, 0.1) is 0 Å². The number of fused-ring (bicyclic) bond motifs is 4. The van der Waals surface area contributed by atoms with Crippen LogP contribution < -0.4 is 15.9 Å². The van der Waals surface area contributed by atoms with E-state index in [1.165, 1.54) is 6.07 Å². The number of carbonyl (C=O) groups excluding carboxylic acids is 1. The lowest BCUT2D eigenvalue weighted by atomic mass is 10.0. The minimum Gasteiger partial charge on any atom is -0.502 e. The highest BCUT2D eigenvalue weighted by atomic mass is 16.5. The Morgan fingerprint density at radius 1 is 1.14 bits per heavy atom. The van der Waals surface area contributed by atoms with Gasteiger partial charge in [0.1, 0.15) is 11.3 Å². The van der Waals surface area contributed by atoms with Crippen molar-refractivity contribution in [2.24, 2.45) is 5.73 Å². The Morgan fingerprint density at radius 3 is 2.69 bits per heavy atom. The molecule has 0 aliphatic rings. The number of rotatable bonds is 4. The lowest BCUT2D eigenvalue weighted by Gasteiger charge is -2.07. The second-order valence-corrected chi connectivity index (χ2v) is 6.51. The molecule has 0 fully saturated rings. The number of furan rings is 1. The fourth-order valence-corrected chi connectivity index (χ4v) is 3.38. The van der Waals surface area contributed by atoms with E-state index in [1.807, 2.05) is 12.1 Å². The van der Waals surface area contributed by atoms with E-state index >= 15 is 0 Å². The first-order valence-corrected chi connectivity index (χ1v) is 8.68. The highest BCUT2D eigenvalue weighted by Gasteiger charge is 2.21. The van der Waals surface area contributed by atoms with Crippen LogP contribution in [-0.4, -0.2) is 32.8 Å². The molecule has 0 bridgehead atoms. The van der Waals surface area contributed by atoms with Crippen LogP contribution in [0.3, 0.4) is 0 Å². The number of nitrogens with one attached hydrogen (secondary N) is 2. The number of nitrogens with two attached hydrogens (primary N) is 1. The molecule has 9 heteroatoms. The lowest BCUT2D eigenvalue weighted by Crippen LogP contribution is -2.19. The summed E-state index contributed by atoms with van der Waals surface area (Å²) in [4.78, 5) is 27.3. The zero-order valence-corrected chi connectivity index (χ0v) is 14.9. The van der Waals surface area contributed by atoms with Crippen LogP contribution in [0.5, 0.6) is 11.5 Å². The Balaban J connectivity index is 1.77. The first-order valence-electron chi connectivity index (χ1n) is 8.68. The van der Waals surface area contributed by atoms with E-state index in [2.05, 4.69) is 15.2 Å². The number of H-pyrrole nitrogens is 2. The van der Waals surface area contributed by atoms with E-state index in [0.29, 0.717) is 27.9 Å². The number of phenolic OH excluding ortho intramolecular Hbond substituents is 1. The average molecular weight is 390 g/mol. The Labute approximate surface area is 161 Å². The smallest absolute Gasteiger partial charge is 0.255 e. The molecule has 29 heavy (non-hydrogen) atoms. The summed E-state index contributed by atoms with van der Waals surface area (Å²) in [7, 11) is 0. The van der Waals surface area contributed by atoms with E-state index in [-0.39, 0.29) is 12.2 Å². The molecule has 144 valence electrons. The van der Waals surface area contributed by atoms with Crippen LogP contribution in [0.1, 0.15) is 0 Å². The second kappa shape index (κ2) is 6.13. The lowest BCUT2D eigenvalue weighted by molar-refractivity contribution is -0.119. The molecule has 0 saturated heterocycles. The zero-order chi connectivity index (χ0) is 20.1. The molecule has 0 atom stereocenters. The van der Waals surface area contributed by atoms with Crippen molar-refractivity contribution in [3.05, 3.63) is 52.8 Å². The molecule has 0 spiro atoms. The van der Waals surface area contributed by atoms with Gasteiger partial charge in [-0.3, -0.25) is 14.7 Å². The number of ether oxygens (including phenoxy) is 1. The van der Waals surface area contributed by atoms with Crippen molar-refractivity contribution in [2.75, 3.05) is 6.61 Å². The third-order valence-electron chi connectivity index (χ3n) is 4.68. The predicted molar refractivity (Wildman–Crippen MR) is 106 cm³/mol. The van der Waals surface area contributed by atoms with Gasteiger partial charge in [-0.05, 0) is 29.8 Å². The van der Waals surface area contributed by atoms with E-state index in [1.54, 1.807) is 24.4 Å². The normalized spacial score (nSPS) is 11.4. The van der Waals surface area contributed by atoms with E-state index in [4.69, 9.17) is 14.9 Å². The zero-order valence-electron chi connectivity index (χ0n) is 14.9. The first kappa shape index (κ1) is 16.9. The molecule has 0 aliphatic carbocycles. The molecule has 5 rings (SSSR count). The number of hydrogen-bond acceptors (Lipinski definition) is 6. The minimum atomic E-state index is -0.561. The SMILES string of the molecule is NC(=O)COc1ccc(-c2c3c[nH][nH]c3nc3c2oc2c(O)c(=O)ccc23)cc1. The quantitative estimate of drug-likeness (QED) is 0.370. The van der Waals surface area contributed by atoms with Gasteiger partial charge in [0.15, 0.2) is 23.4 Å². The van der Waals surface area contributed by atoms with Crippen LogP contribution in [0.4, 0.5) is 0 Å². The molecule has 5 N–H and O–H groups in total. The molecular weight excluding hydrogens is 376 g/mol. The number of pyridine rings is 1. The maximum atomic E-state index is 11.8. The third-order valence-corrected chi connectivity index (χ3v) is 4.68. The molecule has 3 aromatic heterocycles. The fourth-order valence-electron chi connectivity index (χ4n) is 3.38. The molecule has 2 aromatic carbocycles. The van der Waals surface area contributed by atoms with Gasteiger partial charge in [0.05, 0.1) is 5.39 Å².